The normalized spacial score (nSPS) is 13.4. The van der Waals surface area contributed by atoms with Gasteiger partial charge < -0.3 is 0 Å². The van der Waals surface area contributed by atoms with Crippen molar-refractivity contribution in [2.45, 2.75) is 6.54 Å². The van der Waals surface area contributed by atoms with Crippen molar-refractivity contribution in [1.82, 2.24) is 19.7 Å². The van der Waals surface area contributed by atoms with Crippen molar-refractivity contribution < 1.29 is 9.59 Å². The molecule has 0 radical (unpaired) electrons. The number of imide groups is 1. The van der Waals surface area contributed by atoms with Crippen molar-refractivity contribution in [1.29, 1.82) is 0 Å². The number of carbonyl (C=O) groups is 2. The van der Waals surface area contributed by atoms with Gasteiger partial charge in [-0.2, -0.15) is 5.10 Å². The molecular weight excluding hydrogens is 352 g/mol. The van der Waals surface area contributed by atoms with Gasteiger partial charge in [-0.25, -0.2) is 9.67 Å². The Morgan fingerprint density at radius 2 is 1.57 bits per heavy atom. The van der Waals surface area contributed by atoms with E-state index in [4.69, 9.17) is 5.10 Å². The van der Waals surface area contributed by atoms with E-state index in [9.17, 15) is 9.59 Å². The minimum atomic E-state index is -0.329. The maximum absolute atomic E-state index is 12.8. The van der Waals surface area contributed by atoms with E-state index in [0.29, 0.717) is 34.4 Å². The molecule has 0 saturated heterocycles. The molecule has 0 unspecified atom stereocenters. The molecule has 3 heterocycles. The van der Waals surface area contributed by atoms with E-state index in [1.54, 1.807) is 4.68 Å². The second kappa shape index (κ2) is 6.13. The van der Waals surface area contributed by atoms with Crippen LogP contribution in [0.1, 0.15) is 26.3 Å². The van der Waals surface area contributed by atoms with Gasteiger partial charge in [0, 0.05) is 18.8 Å². The largest absolute Gasteiger partial charge is 0.277 e. The lowest BCUT2D eigenvalue weighted by molar-refractivity contribution is 0.0693. The molecule has 0 spiro atoms. The molecular formula is C22H16N4O2. The number of carbonyl (C=O) groups excluding carboxylic acids is 2. The lowest BCUT2D eigenvalue weighted by atomic mass is 10.0. The summed E-state index contributed by atoms with van der Waals surface area (Å²) in [7, 11) is 1.49. The molecule has 6 nitrogen and oxygen atoms in total. The lowest BCUT2D eigenvalue weighted by Crippen LogP contribution is -2.24. The summed E-state index contributed by atoms with van der Waals surface area (Å²) >= 11 is 0. The van der Waals surface area contributed by atoms with E-state index in [1.165, 1.54) is 13.2 Å². The van der Waals surface area contributed by atoms with E-state index in [-0.39, 0.29) is 11.8 Å². The van der Waals surface area contributed by atoms with Crippen LogP contribution in [0, 0.1) is 0 Å². The smallest absolute Gasteiger partial charge is 0.262 e. The molecule has 2 aromatic heterocycles. The van der Waals surface area contributed by atoms with Crippen molar-refractivity contribution in [3.05, 3.63) is 83.6 Å². The number of nitrogens with zero attached hydrogens (tertiary/aromatic N) is 4. The third kappa shape index (κ3) is 2.35. The topological polar surface area (TPSA) is 68.1 Å². The first kappa shape index (κ1) is 16.4. The molecule has 0 fully saturated rings. The zero-order valence-corrected chi connectivity index (χ0v) is 15.2. The monoisotopic (exact) mass is 368 g/mol. The maximum atomic E-state index is 12.8. The Bertz CT molecular complexity index is 1230. The van der Waals surface area contributed by atoms with Gasteiger partial charge in [-0.1, -0.05) is 60.7 Å². The van der Waals surface area contributed by atoms with Crippen LogP contribution in [0.15, 0.2) is 66.9 Å². The molecule has 5 rings (SSSR count). The summed E-state index contributed by atoms with van der Waals surface area (Å²) in [4.78, 5) is 30.9. The molecule has 136 valence electrons. The third-order valence-electron chi connectivity index (χ3n) is 5.04. The first-order valence-corrected chi connectivity index (χ1v) is 8.96. The molecule has 0 atom stereocenters. The molecule has 4 aromatic rings. The van der Waals surface area contributed by atoms with Gasteiger partial charge in [0.25, 0.3) is 11.8 Å². The fourth-order valence-electron chi connectivity index (χ4n) is 3.63. The van der Waals surface area contributed by atoms with E-state index in [0.717, 1.165) is 16.0 Å². The van der Waals surface area contributed by atoms with Crippen LogP contribution in [0.3, 0.4) is 0 Å². The third-order valence-corrected chi connectivity index (χ3v) is 5.04. The van der Waals surface area contributed by atoms with Gasteiger partial charge in [-0.3, -0.25) is 14.5 Å². The van der Waals surface area contributed by atoms with Gasteiger partial charge in [-0.05, 0) is 5.56 Å². The highest BCUT2D eigenvalue weighted by Crippen LogP contribution is 2.35. The lowest BCUT2D eigenvalue weighted by Gasteiger charge is -2.04. The first-order chi connectivity index (χ1) is 13.6. The Balaban J connectivity index is 1.80. The summed E-state index contributed by atoms with van der Waals surface area (Å²) in [5.41, 5.74) is 3.93. The van der Waals surface area contributed by atoms with Gasteiger partial charge in [0.1, 0.15) is 5.69 Å². The number of benzene rings is 2. The average Bonchev–Trinajstić information content (AvgIpc) is 3.21. The van der Waals surface area contributed by atoms with Crippen LogP contribution in [0.2, 0.25) is 0 Å². The van der Waals surface area contributed by atoms with Crippen LogP contribution >= 0.6 is 0 Å². The van der Waals surface area contributed by atoms with Crippen molar-refractivity contribution in [2.24, 2.45) is 0 Å². The quantitative estimate of drug-likeness (QED) is 0.520. The highest BCUT2D eigenvalue weighted by atomic mass is 16.2. The Morgan fingerprint density at radius 3 is 2.29 bits per heavy atom. The van der Waals surface area contributed by atoms with E-state index < -0.39 is 0 Å². The molecule has 0 bridgehead atoms. The summed E-state index contributed by atoms with van der Waals surface area (Å²) in [6.07, 6.45) is 1.49. The van der Waals surface area contributed by atoms with Crippen molar-refractivity contribution in [2.75, 3.05) is 7.05 Å². The molecule has 0 N–H and O–H groups in total. The van der Waals surface area contributed by atoms with Gasteiger partial charge in [0.2, 0.25) is 0 Å². The highest BCUT2D eigenvalue weighted by Gasteiger charge is 2.37. The highest BCUT2D eigenvalue weighted by molar-refractivity contribution is 6.27. The Morgan fingerprint density at radius 1 is 0.893 bits per heavy atom. The minimum absolute atomic E-state index is 0.316. The second-order valence-electron chi connectivity index (χ2n) is 6.77. The van der Waals surface area contributed by atoms with Crippen LogP contribution in [0.4, 0.5) is 0 Å². The van der Waals surface area contributed by atoms with E-state index in [2.05, 4.69) is 4.98 Å². The molecule has 6 heteroatoms. The number of aromatic nitrogens is 3. The summed E-state index contributed by atoms with van der Waals surface area (Å²) in [6.45, 7) is 0.522. The van der Waals surface area contributed by atoms with Crippen molar-refractivity contribution in [3.8, 4) is 11.3 Å². The number of pyridine rings is 1. The molecule has 0 aliphatic carbocycles. The van der Waals surface area contributed by atoms with Gasteiger partial charge in [0.15, 0.2) is 5.65 Å². The number of amides is 2. The molecule has 0 saturated carbocycles. The summed E-state index contributed by atoms with van der Waals surface area (Å²) in [5, 5.41) is 5.42. The Hall–Kier alpha value is -3.80. The Labute approximate surface area is 161 Å². The summed E-state index contributed by atoms with van der Waals surface area (Å²) in [5.74, 6) is -0.645. The van der Waals surface area contributed by atoms with Crippen LogP contribution < -0.4 is 0 Å². The fraction of sp³-hybridized carbons (Fsp3) is 0.0909. The van der Waals surface area contributed by atoms with E-state index in [1.807, 2.05) is 60.7 Å². The number of hydrogen-bond acceptors (Lipinski definition) is 4. The molecule has 1 aliphatic rings. The fourth-order valence-corrected chi connectivity index (χ4v) is 3.63. The van der Waals surface area contributed by atoms with Crippen LogP contribution in [0.25, 0.3) is 22.3 Å². The SMILES string of the molecule is CN1C(=O)c2cnc3c(c(-c4ccccc4)nn3Cc3ccccc3)c2C1=O. The van der Waals surface area contributed by atoms with Crippen LogP contribution in [-0.4, -0.2) is 38.5 Å². The van der Waals surface area contributed by atoms with Crippen LogP contribution in [-0.2, 0) is 6.54 Å². The van der Waals surface area contributed by atoms with Crippen LogP contribution in [0.5, 0.6) is 0 Å². The number of hydrogen-bond donors (Lipinski definition) is 0. The number of rotatable bonds is 3. The van der Waals surface area contributed by atoms with Crippen molar-refractivity contribution in [3.63, 3.8) is 0 Å². The van der Waals surface area contributed by atoms with Gasteiger partial charge in [0.05, 0.1) is 23.1 Å². The summed E-state index contributed by atoms with van der Waals surface area (Å²) < 4.78 is 1.79. The minimum Gasteiger partial charge on any atom is -0.277 e. The molecule has 2 amide bonds. The van der Waals surface area contributed by atoms with Gasteiger partial charge >= 0.3 is 0 Å². The zero-order valence-electron chi connectivity index (χ0n) is 15.2. The standard InChI is InChI=1S/C22H16N4O2/c1-25-21(27)16-12-23-20-18(17(16)22(25)28)19(15-10-6-3-7-11-15)24-26(20)13-14-8-4-2-5-9-14/h2-12H,13H2,1H3. The number of fused-ring (bicyclic) bond motifs is 3. The second-order valence-corrected chi connectivity index (χ2v) is 6.77. The average molecular weight is 368 g/mol. The zero-order chi connectivity index (χ0) is 19.3. The van der Waals surface area contributed by atoms with Gasteiger partial charge in [-0.15, -0.1) is 0 Å². The maximum Gasteiger partial charge on any atom is 0.262 e. The summed E-state index contributed by atoms with van der Waals surface area (Å²) in [6, 6.07) is 19.6. The molecule has 2 aromatic carbocycles. The molecule has 1 aliphatic heterocycles. The van der Waals surface area contributed by atoms with Crippen molar-refractivity contribution >= 4 is 22.8 Å². The predicted molar refractivity (Wildman–Crippen MR) is 105 cm³/mol. The first-order valence-electron chi connectivity index (χ1n) is 8.96. The van der Waals surface area contributed by atoms with E-state index >= 15 is 0 Å². The Kier molecular flexibility index (Phi) is 3.58. The molecule has 28 heavy (non-hydrogen) atoms. The predicted octanol–water partition coefficient (Wildman–Crippen LogP) is 3.37.